The van der Waals surface area contributed by atoms with Gasteiger partial charge >= 0.3 is 29.6 Å². The van der Waals surface area contributed by atoms with Gasteiger partial charge in [0.1, 0.15) is 10.0 Å². The molecule has 0 aliphatic rings. The summed E-state index contributed by atoms with van der Waals surface area (Å²) in [5, 5.41) is 2.89. The van der Waals surface area contributed by atoms with Gasteiger partial charge in [-0.3, -0.25) is 4.21 Å². The molecule has 0 spiro atoms. The van der Waals surface area contributed by atoms with Crippen LogP contribution in [0.3, 0.4) is 0 Å². The molecule has 0 N–H and O–H groups in total. The Morgan fingerprint density at radius 1 is 1.31 bits per heavy atom. The van der Waals surface area contributed by atoms with E-state index in [0.29, 0.717) is 10.0 Å². The number of hydrogen-bond acceptors (Lipinski definition) is 4. The number of nitrogens with zero attached hydrogens (tertiary/aromatic N) is 1. The van der Waals surface area contributed by atoms with Gasteiger partial charge in [-0.1, -0.05) is 23.7 Å². The van der Waals surface area contributed by atoms with E-state index in [1.807, 2.05) is 0 Å². The van der Waals surface area contributed by atoms with E-state index in [9.17, 15) is 8.76 Å². The standard InChI is InChI=1S/C9H6ClNO2S2.Na/c10-7-3-1-6(2-4-7)9-11-8(5-14-9)15(12)13;/h1-5H,(H,12,13);/q;+1/p-1. The van der Waals surface area contributed by atoms with Crippen LogP contribution in [-0.4, -0.2) is 13.7 Å². The summed E-state index contributed by atoms with van der Waals surface area (Å²) in [6, 6.07) is 7.09. The maximum absolute atomic E-state index is 10.6. The van der Waals surface area contributed by atoms with Crippen molar-refractivity contribution in [1.29, 1.82) is 0 Å². The summed E-state index contributed by atoms with van der Waals surface area (Å²) in [6.07, 6.45) is 0. The van der Waals surface area contributed by atoms with Gasteiger partial charge < -0.3 is 4.55 Å². The topological polar surface area (TPSA) is 53.0 Å². The van der Waals surface area contributed by atoms with E-state index in [2.05, 4.69) is 4.98 Å². The number of thiazole rings is 1. The number of benzene rings is 1. The van der Waals surface area contributed by atoms with E-state index in [4.69, 9.17) is 11.6 Å². The molecule has 1 aromatic carbocycles. The summed E-state index contributed by atoms with van der Waals surface area (Å²) < 4.78 is 21.2. The summed E-state index contributed by atoms with van der Waals surface area (Å²) in [7, 11) is 0. The Morgan fingerprint density at radius 2 is 1.94 bits per heavy atom. The zero-order valence-electron chi connectivity index (χ0n) is 8.34. The van der Waals surface area contributed by atoms with Crippen LogP contribution in [0.25, 0.3) is 10.6 Å². The van der Waals surface area contributed by atoms with Crippen molar-refractivity contribution < 1.29 is 38.3 Å². The second-order valence-electron chi connectivity index (χ2n) is 2.73. The minimum atomic E-state index is -2.26. The van der Waals surface area contributed by atoms with E-state index in [-0.39, 0.29) is 34.6 Å². The van der Waals surface area contributed by atoms with Crippen LogP contribution < -0.4 is 29.6 Å². The fraction of sp³-hybridized carbons (Fsp3) is 0. The van der Waals surface area contributed by atoms with Crippen molar-refractivity contribution in [2.45, 2.75) is 5.03 Å². The van der Waals surface area contributed by atoms with Crippen LogP contribution in [-0.2, 0) is 11.1 Å². The van der Waals surface area contributed by atoms with Crippen molar-refractivity contribution >= 4 is 34.0 Å². The van der Waals surface area contributed by atoms with E-state index >= 15 is 0 Å². The Kier molecular flexibility index (Phi) is 5.60. The van der Waals surface area contributed by atoms with Crippen LogP contribution in [0.2, 0.25) is 5.02 Å². The van der Waals surface area contributed by atoms with Crippen molar-refractivity contribution in [2.75, 3.05) is 0 Å². The largest absolute Gasteiger partial charge is 1.00 e. The van der Waals surface area contributed by atoms with Crippen molar-refractivity contribution in [1.82, 2.24) is 4.98 Å². The molecule has 0 bridgehead atoms. The SMILES string of the molecule is O=S([O-])c1csc(-c2ccc(Cl)cc2)n1.[Na+]. The van der Waals surface area contributed by atoms with Gasteiger partial charge in [-0.15, -0.1) is 11.3 Å². The second kappa shape index (κ2) is 6.26. The first kappa shape index (κ1) is 14.3. The van der Waals surface area contributed by atoms with Crippen molar-refractivity contribution in [3.63, 3.8) is 0 Å². The molecule has 0 aliphatic carbocycles. The Bertz CT molecular complexity index is 500. The molecule has 2 rings (SSSR count). The van der Waals surface area contributed by atoms with Gasteiger partial charge in [0.05, 0.1) is 0 Å². The monoisotopic (exact) mass is 281 g/mol. The Labute approximate surface area is 126 Å². The molecule has 0 fully saturated rings. The van der Waals surface area contributed by atoms with Crippen molar-refractivity contribution in [3.05, 3.63) is 34.7 Å². The first-order chi connectivity index (χ1) is 7.16. The summed E-state index contributed by atoms with van der Waals surface area (Å²) in [4.78, 5) is 3.97. The predicted octanol–water partition coefficient (Wildman–Crippen LogP) is -0.294. The van der Waals surface area contributed by atoms with Gasteiger partial charge in [-0.25, -0.2) is 4.98 Å². The second-order valence-corrected chi connectivity index (χ2v) is 4.91. The van der Waals surface area contributed by atoms with Gasteiger partial charge in [-0.2, -0.15) is 0 Å². The molecule has 0 saturated heterocycles. The molecule has 0 saturated carbocycles. The van der Waals surface area contributed by atoms with Gasteiger partial charge in [0.2, 0.25) is 0 Å². The Balaban J connectivity index is 0.00000128. The van der Waals surface area contributed by atoms with E-state index in [1.54, 1.807) is 24.3 Å². The maximum Gasteiger partial charge on any atom is 1.00 e. The first-order valence-corrected chi connectivity index (χ1v) is 6.31. The molecule has 0 radical (unpaired) electrons. The molecule has 1 aromatic heterocycles. The summed E-state index contributed by atoms with van der Waals surface area (Å²) >= 11 is 4.77. The summed E-state index contributed by atoms with van der Waals surface area (Å²) in [5.41, 5.74) is 0.862. The fourth-order valence-corrected chi connectivity index (χ4v) is 2.56. The summed E-state index contributed by atoms with van der Waals surface area (Å²) in [5.74, 6) is 0. The van der Waals surface area contributed by atoms with Crippen molar-refractivity contribution in [3.8, 4) is 10.6 Å². The average molecular weight is 282 g/mol. The molecule has 2 aromatic rings. The third-order valence-corrected chi connectivity index (χ3v) is 3.59. The van der Waals surface area contributed by atoms with Crippen LogP contribution >= 0.6 is 22.9 Å². The molecule has 0 amide bonds. The third-order valence-electron chi connectivity index (χ3n) is 1.75. The molecule has 1 unspecified atom stereocenters. The fourth-order valence-electron chi connectivity index (χ4n) is 1.06. The molecule has 3 nitrogen and oxygen atoms in total. The maximum atomic E-state index is 10.6. The molecule has 1 atom stereocenters. The average Bonchev–Trinajstić information content (AvgIpc) is 2.68. The molecule has 7 heteroatoms. The Hall–Kier alpha value is 0.250. The number of halogens is 1. The van der Waals surface area contributed by atoms with E-state index in [1.165, 1.54) is 16.7 Å². The van der Waals surface area contributed by atoms with Crippen LogP contribution in [0, 0.1) is 0 Å². The van der Waals surface area contributed by atoms with Crippen LogP contribution in [0.15, 0.2) is 34.7 Å². The Morgan fingerprint density at radius 3 is 2.44 bits per heavy atom. The minimum Gasteiger partial charge on any atom is -0.767 e. The van der Waals surface area contributed by atoms with Crippen LogP contribution in [0.1, 0.15) is 0 Å². The van der Waals surface area contributed by atoms with Crippen LogP contribution in [0.5, 0.6) is 0 Å². The predicted molar refractivity (Wildman–Crippen MR) is 59.7 cm³/mol. The zero-order chi connectivity index (χ0) is 10.8. The molecule has 78 valence electrons. The smallest absolute Gasteiger partial charge is 0.767 e. The number of rotatable bonds is 2. The zero-order valence-corrected chi connectivity index (χ0v) is 12.7. The van der Waals surface area contributed by atoms with Gasteiger partial charge in [-0.05, 0) is 23.2 Å². The molecule has 16 heavy (non-hydrogen) atoms. The molecular weight excluding hydrogens is 277 g/mol. The normalized spacial score (nSPS) is 11.9. The minimum absolute atomic E-state index is 0. The number of aromatic nitrogens is 1. The molecular formula is C9H5ClNNaO2S2. The molecule has 1 heterocycles. The summed E-state index contributed by atoms with van der Waals surface area (Å²) in [6.45, 7) is 0. The first-order valence-electron chi connectivity index (χ1n) is 3.97. The van der Waals surface area contributed by atoms with E-state index < -0.39 is 11.1 Å². The van der Waals surface area contributed by atoms with Crippen molar-refractivity contribution in [2.24, 2.45) is 0 Å². The van der Waals surface area contributed by atoms with Gasteiger partial charge in [0, 0.05) is 16.0 Å². The van der Waals surface area contributed by atoms with E-state index in [0.717, 1.165) is 5.56 Å². The van der Waals surface area contributed by atoms with Gasteiger partial charge in [0.25, 0.3) is 0 Å². The van der Waals surface area contributed by atoms with Gasteiger partial charge in [0.15, 0.2) is 0 Å². The quantitative estimate of drug-likeness (QED) is 0.561. The molecule has 0 aliphatic heterocycles. The third kappa shape index (κ3) is 3.37. The number of hydrogen-bond donors (Lipinski definition) is 0. The van der Waals surface area contributed by atoms with Crippen LogP contribution in [0.4, 0.5) is 0 Å².